The summed E-state index contributed by atoms with van der Waals surface area (Å²) in [5.74, 6) is 1.58. The van der Waals surface area contributed by atoms with E-state index in [-0.39, 0.29) is 6.04 Å². The summed E-state index contributed by atoms with van der Waals surface area (Å²) in [6.45, 7) is 2.07. The number of halogens is 2. The van der Waals surface area contributed by atoms with Crippen LogP contribution < -0.4 is 10.5 Å². The van der Waals surface area contributed by atoms with Crippen molar-refractivity contribution < 1.29 is 4.74 Å². The molecule has 0 saturated carbocycles. The van der Waals surface area contributed by atoms with Crippen LogP contribution in [0.5, 0.6) is 11.5 Å². The maximum absolute atomic E-state index is 6.04. The van der Waals surface area contributed by atoms with Gasteiger partial charge in [0.2, 0.25) is 0 Å². The monoisotopic (exact) mass is 383 g/mol. The highest BCUT2D eigenvalue weighted by molar-refractivity contribution is 9.11. The SMILES string of the molecule is CCC(N)c1cccc(Oc2ccc(Br)cc2Br)c1. The molecule has 0 saturated heterocycles. The molecule has 0 bridgehead atoms. The summed E-state index contributed by atoms with van der Waals surface area (Å²) in [4.78, 5) is 0. The molecule has 1 atom stereocenters. The van der Waals surface area contributed by atoms with Gasteiger partial charge in [-0.3, -0.25) is 0 Å². The lowest BCUT2D eigenvalue weighted by atomic mass is 10.1. The standard InChI is InChI=1S/C15H15Br2NO/c1-2-14(18)10-4-3-5-12(8-10)19-15-7-6-11(16)9-13(15)17/h3-9,14H,2,18H2,1H3. The minimum Gasteiger partial charge on any atom is -0.456 e. The molecule has 0 aromatic heterocycles. The van der Waals surface area contributed by atoms with E-state index in [0.717, 1.165) is 32.4 Å². The van der Waals surface area contributed by atoms with Crippen LogP contribution in [0.1, 0.15) is 24.9 Å². The summed E-state index contributed by atoms with van der Waals surface area (Å²) >= 11 is 6.91. The highest BCUT2D eigenvalue weighted by Crippen LogP contribution is 2.32. The molecule has 1 unspecified atom stereocenters. The van der Waals surface area contributed by atoms with Crippen molar-refractivity contribution in [2.75, 3.05) is 0 Å². The van der Waals surface area contributed by atoms with E-state index in [1.807, 2.05) is 42.5 Å². The van der Waals surface area contributed by atoms with Crippen molar-refractivity contribution in [2.24, 2.45) is 5.73 Å². The third kappa shape index (κ3) is 3.81. The highest BCUT2D eigenvalue weighted by atomic mass is 79.9. The summed E-state index contributed by atoms with van der Waals surface area (Å²) in [6, 6.07) is 13.8. The van der Waals surface area contributed by atoms with E-state index in [4.69, 9.17) is 10.5 Å². The van der Waals surface area contributed by atoms with Crippen LogP contribution in [0.4, 0.5) is 0 Å². The number of ether oxygens (including phenoxy) is 1. The lowest BCUT2D eigenvalue weighted by molar-refractivity contribution is 0.478. The molecule has 0 radical (unpaired) electrons. The molecule has 2 rings (SSSR count). The molecule has 19 heavy (non-hydrogen) atoms. The Morgan fingerprint density at radius 1 is 1.16 bits per heavy atom. The zero-order valence-electron chi connectivity index (χ0n) is 10.6. The molecule has 0 amide bonds. The van der Waals surface area contributed by atoms with Gasteiger partial charge in [-0.1, -0.05) is 35.0 Å². The van der Waals surface area contributed by atoms with E-state index in [2.05, 4.69) is 38.8 Å². The highest BCUT2D eigenvalue weighted by Gasteiger charge is 2.07. The maximum Gasteiger partial charge on any atom is 0.141 e. The second-order valence-electron chi connectivity index (χ2n) is 4.26. The van der Waals surface area contributed by atoms with Crippen molar-refractivity contribution in [3.8, 4) is 11.5 Å². The average Bonchev–Trinajstić information content (AvgIpc) is 2.41. The van der Waals surface area contributed by atoms with E-state index in [0.29, 0.717) is 0 Å². The summed E-state index contributed by atoms with van der Waals surface area (Å²) in [6.07, 6.45) is 0.908. The largest absolute Gasteiger partial charge is 0.456 e. The predicted molar refractivity (Wildman–Crippen MR) is 85.6 cm³/mol. The average molecular weight is 385 g/mol. The first-order chi connectivity index (χ1) is 9.10. The zero-order valence-corrected chi connectivity index (χ0v) is 13.7. The Hall–Kier alpha value is -0.840. The second kappa shape index (κ2) is 6.55. The zero-order chi connectivity index (χ0) is 13.8. The first kappa shape index (κ1) is 14.6. The topological polar surface area (TPSA) is 35.2 Å². The van der Waals surface area contributed by atoms with Gasteiger partial charge in [0.25, 0.3) is 0 Å². The molecule has 0 aliphatic carbocycles. The van der Waals surface area contributed by atoms with Gasteiger partial charge >= 0.3 is 0 Å². The molecule has 0 aliphatic rings. The number of hydrogen-bond acceptors (Lipinski definition) is 2. The minimum absolute atomic E-state index is 0.0527. The van der Waals surface area contributed by atoms with Crippen LogP contribution in [0.2, 0.25) is 0 Å². The Kier molecular flexibility index (Phi) is 5.02. The summed E-state index contributed by atoms with van der Waals surface area (Å²) in [5.41, 5.74) is 7.13. The van der Waals surface area contributed by atoms with Gasteiger partial charge in [-0.25, -0.2) is 0 Å². The lowest BCUT2D eigenvalue weighted by Crippen LogP contribution is -2.08. The van der Waals surface area contributed by atoms with Crippen LogP contribution in [0.3, 0.4) is 0 Å². The summed E-state index contributed by atoms with van der Waals surface area (Å²) in [7, 11) is 0. The van der Waals surface area contributed by atoms with E-state index < -0.39 is 0 Å². The quantitative estimate of drug-likeness (QED) is 0.764. The number of benzene rings is 2. The molecule has 4 heteroatoms. The minimum atomic E-state index is 0.0527. The number of rotatable bonds is 4. The third-order valence-corrected chi connectivity index (χ3v) is 3.96. The molecule has 2 aromatic carbocycles. The predicted octanol–water partition coefficient (Wildman–Crippen LogP) is 5.41. The fraction of sp³-hybridized carbons (Fsp3) is 0.200. The molecule has 0 fully saturated rings. The van der Waals surface area contributed by atoms with E-state index in [1.54, 1.807) is 0 Å². The van der Waals surface area contributed by atoms with E-state index >= 15 is 0 Å². The van der Waals surface area contributed by atoms with Gasteiger partial charge in [-0.15, -0.1) is 0 Å². The third-order valence-electron chi connectivity index (χ3n) is 2.85. The molecular formula is C15H15Br2NO. The first-order valence-corrected chi connectivity index (χ1v) is 7.67. The fourth-order valence-corrected chi connectivity index (χ4v) is 2.86. The van der Waals surface area contributed by atoms with Gasteiger partial charge in [0.15, 0.2) is 0 Å². The molecular weight excluding hydrogens is 370 g/mol. The molecule has 0 aliphatic heterocycles. The van der Waals surface area contributed by atoms with Crippen LogP contribution >= 0.6 is 31.9 Å². The van der Waals surface area contributed by atoms with Crippen LogP contribution in [-0.2, 0) is 0 Å². The van der Waals surface area contributed by atoms with Crippen molar-refractivity contribution in [2.45, 2.75) is 19.4 Å². The molecule has 0 heterocycles. The van der Waals surface area contributed by atoms with Gasteiger partial charge in [0.1, 0.15) is 11.5 Å². The van der Waals surface area contributed by atoms with Crippen molar-refractivity contribution in [1.29, 1.82) is 0 Å². The van der Waals surface area contributed by atoms with E-state index in [1.165, 1.54) is 0 Å². The molecule has 2 nitrogen and oxygen atoms in total. The van der Waals surface area contributed by atoms with Gasteiger partial charge in [-0.2, -0.15) is 0 Å². The van der Waals surface area contributed by atoms with Gasteiger partial charge in [0.05, 0.1) is 4.47 Å². The van der Waals surface area contributed by atoms with E-state index in [9.17, 15) is 0 Å². The van der Waals surface area contributed by atoms with Crippen molar-refractivity contribution in [3.05, 3.63) is 57.0 Å². The number of nitrogens with two attached hydrogens (primary N) is 1. The van der Waals surface area contributed by atoms with Crippen LogP contribution in [0.25, 0.3) is 0 Å². The Morgan fingerprint density at radius 2 is 1.95 bits per heavy atom. The second-order valence-corrected chi connectivity index (χ2v) is 6.03. The molecule has 2 N–H and O–H groups in total. The van der Waals surface area contributed by atoms with Gasteiger partial charge in [-0.05, 0) is 58.2 Å². The fourth-order valence-electron chi connectivity index (χ4n) is 1.73. The Bertz CT molecular complexity index is 572. The molecule has 100 valence electrons. The van der Waals surface area contributed by atoms with Gasteiger partial charge in [0, 0.05) is 10.5 Å². The van der Waals surface area contributed by atoms with Crippen LogP contribution in [-0.4, -0.2) is 0 Å². The van der Waals surface area contributed by atoms with Gasteiger partial charge < -0.3 is 10.5 Å². The maximum atomic E-state index is 6.04. The molecule has 0 spiro atoms. The van der Waals surface area contributed by atoms with Crippen molar-refractivity contribution in [3.63, 3.8) is 0 Å². The molecule has 2 aromatic rings. The van der Waals surface area contributed by atoms with Crippen molar-refractivity contribution in [1.82, 2.24) is 0 Å². The smallest absolute Gasteiger partial charge is 0.141 e. The van der Waals surface area contributed by atoms with Crippen molar-refractivity contribution >= 4 is 31.9 Å². The Balaban J connectivity index is 2.23. The Labute approximate surface area is 130 Å². The van der Waals surface area contributed by atoms with Crippen LogP contribution in [0, 0.1) is 0 Å². The summed E-state index contributed by atoms with van der Waals surface area (Å²) in [5, 5.41) is 0. The number of hydrogen-bond donors (Lipinski definition) is 1. The lowest BCUT2D eigenvalue weighted by Gasteiger charge is -2.12. The summed E-state index contributed by atoms with van der Waals surface area (Å²) < 4.78 is 7.79. The van der Waals surface area contributed by atoms with Crippen LogP contribution in [0.15, 0.2) is 51.4 Å². The normalized spacial score (nSPS) is 12.2. The Morgan fingerprint density at radius 3 is 2.63 bits per heavy atom. The first-order valence-electron chi connectivity index (χ1n) is 6.08.